The molecule has 0 aliphatic heterocycles. The molecule has 0 aliphatic carbocycles. The van der Waals surface area contributed by atoms with Crippen LogP contribution in [0.3, 0.4) is 0 Å². The Labute approximate surface area is 123 Å². The van der Waals surface area contributed by atoms with Gasteiger partial charge in [-0.05, 0) is 30.9 Å². The van der Waals surface area contributed by atoms with Crippen LogP contribution in [-0.4, -0.2) is 22.5 Å². The fraction of sp³-hybridized carbons (Fsp3) is 0.500. The average Bonchev–Trinajstić information content (AvgIpc) is 2.39. The molecule has 0 saturated carbocycles. The molecule has 0 spiro atoms. The highest BCUT2D eigenvalue weighted by molar-refractivity contribution is 5.92. The number of hydrogen-bond donors (Lipinski definition) is 3. The summed E-state index contributed by atoms with van der Waals surface area (Å²) in [6, 6.07) is 3.54. The van der Waals surface area contributed by atoms with Crippen molar-refractivity contribution in [3.05, 3.63) is 28.3 Å². The number of carbonyl (C=O) groups excluding carboxylic acids is 1. The van der Waals surface area contributed by atoms with E-state index in [1.165, 1.54) is 12.1 Å². The summed E-state index contributed by atoms with van der Waals surface area (Å²) < 4.78 is 0. The van der Waals surface area contributed by atoms with Crippen LogP contribution in [0.25, 0.3) is 0 Å². The third kappa shape index (κ3) is 5.39. The maximum atomic E-state index is 11.9. The summed E-state index contributed by atoms with van der Waals surface area (Å²) in [6.07, 6.45) is 1.10. The van der Waals surface area contributed by atoms with E-state index in [4.69, 9.17) is 5.73 Å². The van der Waals surface area contributed by atoms with Crippen molar-refractivity contribution in [2.24, 2.45) is 17.6 Å². The second-order valence-electron chi connectivity index (χ2n) is 5.44. The summed E-state index contributed by atoms with van der Waals surface area (Å²) in [5.41, 5.74) is 5.57. The topological polar surface area (TPSA) is 118 Å². The van der Waals surface area contributed by atoms with Gasteiger partial charge in [0, 0.05) is 12.5 Å². The fourth-order valence-corrected chi connectivity index (χ4v) is 2.13. The van der Waals surface area contributed by atoms with Crippen molar-refractivity contribution in [2.45, 2.75) is 26.7 Å². The van der Waals surface area contributed by atoms with Crippen molar-refractivity contribution in [2.75, 3.05) is 11.9 Å². The zero-order chi connectivity index (χ0) is 16.0. The van der Waals surface area contributed by atoms with Gasteiger partial charge < -0.3 is 16.2 Å². The molecule has 1 amide bonds. The molecule has 0 bridgehead atoms. The van der Waals surface area contributed by atoms with Gasteiger partial charge in [-0.15, -0.1) is 0 Å². The van der Waals surface area contributed by atoms with Gasteiger partial charge >= 0.3 is 0 Å². The van der Waals surface area contributed by atoms with Crippen LogP contribution in [0, 0.1) is 22.0 Å². The summed E-state index contributed by atoms with van der Waals surface area (Å²) in [5.74, 6) is -0.0784. The molecule has 116 valence electrons. The molecule has 0 heterocycles. The Morgan fingerprint density at radius 2 is 2.14 bits per heavy atom. The first kappa shape index (κ1) is 16.9. The first-order valence-electron chi connectivity index (χ1n) is 6.80. The van der Waals surface area contributed by atoms with Gasteiger partial charge in [0.05, 0.1) is 16.7 Å². The van der Waals surface area contributed by atoms with Gasteiger partial charge in [-0.2, -0.15) is 0 Å². The number of benzene rings is 1. The molecular formula is C14H21N3O4. The number of nitro benzene ring substituents is 1. The van der Waals surface area contributed by atoms with E-state index in [0.29, 0.717) is 12.5 Å². The van der Waals surface area contributed by atoms with Gasteiger partial charge in [0.2, 0.25) is 5.91 Å². The van der Waals surface area contributed by atoms with Crippen molar-refractivity contribution in [1.82, 2.24) is 0 Å². The molecule has 1 atom stereocenters. The van der Waals surface area contributed by atoms with Crippen LogP contribution in [0.2, 0.25) is 0 Å². The standard InChI is InChI=1S/C14H21N3O4/c1-9(2)5-10(8-15)6-14(19)16-12-4-3-11(17(20)21)7-13(12)18/h3-4,7,9-10,18H,5-6,8,15H2,1-2H3,(H,16,19). The second-order valence-corrected chi connectivity index (χ2v) is 5.44. The molecule has 7 nitrogen and oxygen atoms in total. The van der Waals surface area contributed by atoms with Gasteiger partial charge in [0.25, 0.3) is 5.69 Å². The molecule has 4 N–H and O–H groups in total. The van der Waals surface area contributed by atoms with E-state index in [1.807, 2.05) is 0 Å². The average molecular weight is 295 g/mol. The first-order valence-corrected chi connectivity index (χ1v) is 6.80. The maximum absolute atomic E-state index is 11.9. The SMILES string of the molecule is CC(C)CC(CN)CC(=O)Nc1ccc([N+](=O)[O-])cc1O. The highest BCUT2D eigenvalue weighted by atomic mass is 16.6. The number of nitrogens with two attached hydrogens (primary N) is 1. The number of nitro groups is 1. The van der Waals surface area contributed by atoms with E-state index >= 15 is 0 Å². The summed E-state index contributed by atoms with van der Waals surface area (Å²) in [6.45, 7) is 4.53. The number of phenolic OH excluding ortho intramolecular Hbond substituents is 1. The van der Waals surface area contributed by atoms with Gasteiger partial charge in [0.15, 0.2) is 0 Å². The number of nitrogens with zero attached hydrogens (tertiary/aromatic N) is 1. The quantitative estimate of drug-likeness (QED) is 0.405. The molecule has 0 radical (unpaired) electrons. The van der Waals surface area contributed by atoms with Crippen LogP contribution >= 0.6 is 0 Å². The van der Waals surface area contributed by atoms with Crippen LogP contribution in [-0.2, 0) is 4.79 Å². The van der Waals surface area contributed by atoms with Gasteiger partial charge in [-0.25, -0.2) is 0 Å². The monoisotopic (exact) mass is 295 g/mol. The Balaban J connectivity index is 2.68. The summed E-state index contributed by atoms with van der Waals surface area (Å²) in [5, 5.41) is 22.8. The third-order valence-corrected chi connectivity index (χ3v) is 3.08. The van der Waals surface area contributed by atoms with E-state index in [0.717, 1.165) is 12.5 Å². The van der Waals surface area contributed by atoms with Crippen molar-refractivity contribution in [1.29, 1.82) is 0 Å². The van der Waals surface area contributed by atoms with Crippen LogP contribution in [0.1, 0.15) is 26.7 Å². The van der Waals surface area contributed by atoms with Gasteiger partial charge in [-0.3, -0.25) is 14.9 Å². The molecule has 0 fully saturated rings. The van der Waals surface area contributed by atoms with E-state index in [1.54, 1.807) is 0 Å². The molecule has 1 unspecified atom stereocenters. The number of anilines is 1. The Morgan fingerprint density at radius 1 is 1.48 bits per heavy atom. The van der Waals surface area contributed by atoms with Gasteiger partial charge in [-0.1, -0.05) is 13.8 Å². The number of non-ortho nitro benzene ring substituents is 1. The highest BCUT2D eigenvalue weighted by Crippen LogP contribution is 2.28. The lowest BCUT2D eigenvalue weighted by molar-refractivity contribution is -0.384. The number of carbonyl (C=O) groups is 1. The first-order chi connectivity index (χ1) is 9.83. The fourth-order valence-electron chi connectivity index (χ4n) is 2.13. The van der Waals surface area contributed by atoms with E-state index < -0.39 is 4.92 Å². The van der Waals surface area contributed by atoms with Crippen LogP contribution in [0.5, 0.6) is 5.75 Å². The second kappa shape index (κ2) is 7.58. The molecular weight excluding hydrogens is 274 g/mol. The zero-order valence-electron chi connectivity index (χ0n) is 12.2. The third-order valence-electron chi connectivity index (χ3n) is 3.08. The highest BCUT2D eigenvalue weighted by Gasteiger charge is 2.16. The minimum Gasteiger partial charge on any atom is -0.506 e. The lowest BCUT2D eigenvalue weighted by Crippen LogP contribution is -2.23. The number of phenols is 1. The lowest BCUT2D eigenvalue weighted by Gasteiger charge is -2.16. The van der Waals surface area contributed by atoms with E-state index in [9.17, 15) is 20.0 Å². The lowest BCUT2D eigenvalue weighted by atomic mass is 9.94. The smallest absolute Gasteiger partial charge is 0.273 e. The molecule has 0 aliphatic rings. The van der Waals surface area contributed by atoms with E-state index in [-0.39, 0.29) is 35.4 Å². The van der Waals surface area contributed by atoms with Gasteiger partial charge in [0.1, 0.15) is 5.75 Å². The van der Waals surface area contributed by atoms with E-state index in [2.05, 4.69) is 19.2 Å². The van der Waals surface area contributed by atoms with Crippen LogP contribution < -0.4 is 11.1 Å². The molecule has 21 heavy (non-hydrogen) atoms. The van der Waals surface area contributed by atoms with Crippen molar-refractivity contribution < 1.29 is 14.8 Å². The Hall–Kier alpha value is -2.15. The minimum absolute atomic E-state index is 0.0743. The molecule has 7 heteroatoms. The summed E-state index contributed by atoms with van der Waals surface area (Å²) >= 11 is 0. The Kier molecular flexibility index (Phi) is 6.10. The molecule has 1 aromatic rings. The van der Waals surface area contributed by atoms with Crippen molar-refractivity contribution in [3.63, 3.8) is 0 Å². The van der Waals surface area contributed by atoms with Crippen LogP contribution in [0.4, 0.5) is 11.4 Å². The summed E-state index contributed by atoms with van der Waals surface area (Å²) in [4.78, 5) is 21.9. The molecule has 1 aromatic carbocycles. The van der Waals surface area contributed by atoms with Crippen LogP contribution in [0.15, 0.2) is 18.2 Å². The molecule has 0 aromatic heterocycles. The normalized spacial score (nSPS) is 12.2. The zero-order valence-corrected chi connectivity index (χ0v) is 12.2. The number of rotatable bonds is 7. The Morgan fingerprint density at radius 3 is 2.62 bits per heavy atom. The number of nitrogens with one attached hydrogen (secondary N) is 1. The number of hydrogen-bond acceptors (Lipinski definition) is 5. The largest absolute Gasteiger partial charge is 0.506 e. The predicted octanol–water partition coefficient (Wildman–Crippen LogP) is 2.25. The predicted molar refractivity (Wildman–Crippen MR) is 80.0 cm³/mol. The Bertz CT molecular complexity index is 517. The number of amides is 1. The molecule has 0 saturated heterocycles. The maximum Gasteiger partial charge on any atom is 0.273 e. The summed E-state index contributed by atoms with van der Waals surface area (Å²) in [7, 11) is 0. The van der Waals surface area contributed by atoms with Crippen molar-refractivity contribution >= 4 is 17.3 Å². The van der Waals surface area contributed by atoms with Crippen molar-refractivity contribution in [3.8, 4) is 5.75 Å². The molecule has 1 rings (SSSR count). The number of aromatic hydroxyl groups is 1. The minimum atomic E-state index is -0.613.